The van der Waals surface area contributed by atoms with Crippen molar-refractivity contribution in [1.82, 2.24) is 0 Å². The molecule has 0 aliphatic carbocycles. The third-order valence-corrected chi connectivity index (χ3v) is 3.44. The largest absolute Gasteiger partial charge is 0.322 e. The molecule has 0 atom stereocenters. The maximum Gasteiger partial charge on any atom is 0.248 e. The van der Waals surface area contributed by atoms with Crippen LogP contribution < -0.4 is 5.32 Å². The van der Waals surface area contributed by atoms with E-state index in [4.69, 9.17) is 0 Å². The van der Waals surface area contributed by atoms with Crippen molar-refractivity contribution in [2.75, 3.05) is 5.32 Å². The molecule has 0 spiro atoms. The Hall–Kier alpha value is -1.87. The van der Waals surface area contributed by atoms with E-state index < -0.39 is 0 Å². The number of benzene rings is 2. The van der Waals surface area contributed by atoms with E-state index in [1.165, 1.54) is 5.56 Å². The van der Waals surface area contributed by atoms with E-state index in [1.807, 2.05) is 62.4 Å². The Balaban J connectivity index is 2.03. The second kappa shape index (κ2) is 6.53. The SMILES string of the molecule is Cc1ccc(/C=C/C(=O)Nc2ccc(Br)cc2C)cc1. The smallest absolute Gasteiger partial charge is 0.248 e. The second-order valence-electron chi connectivity index (χ2n) is 4.69. The highest BCUT2D eigenvalue weighted by Crippen LogP contribution is 2.20. The van der Waals surface area contributed by atoms with Crippen LogP contribution in [0.5, 0.6) is 0 Å². The minimum absolute atomic E-state index is 0.129. The number of rotatable bonds is 3. The van der Waals surface area contributed by atoms with Crippen LogP contribution >= 0.6 is 15.9 Å². The molecule has 0 bridgehead atoms. The summed E-state index contributed by atoms with van der Waals surface area (Å²) in [6.45, 7) is 4.00. The molecule has 3 heteroatoms. The summed E-state index contributed by atoms with van der Waals surface area (Å²) in [4.78, 5) is 11.9. The number of anilines is 1. The lowest BCUT2D eigenvalue weighted by Crippen LogP contribution is -2.08. The number of carbonyl (C=O) groups is 1. The van der Waals surface area contributed by atoms with Gasteiger partial charge in [0, 0.05) is 16.2 Å². The predicted octanol–water partition coefficient (Wildman–Crippen LogP) is 4.72. The number of nitrogens with one attached hydrogen (secondary N) is 1. The van der Waals surface area contributed by atoms with Gasteiger partial charge in [0.1, 0.15) is 0 Å². The molecule has 1 amide bonds. The second-order valence-corrected chi connectivity index (χ2v) is 5.61. The highest BCUT2D eigenvalue weighted by atomic mass is 79.9. The average molecular weight is 330 g/mol. The lowest BCUT2D eigenvalue weighted by Gasteiger charge is -2.06. The first kappa shape index (κ1) is 14.5. The van der Waals surface area contributed by atoms with E-state index >= 15 is 0 Å². The number of hydrogen-bond donors (Lipinski definition) is 1. The minimum Gasteiger partial charge on any atom is -0.322 e. The van der Waals surface area contributed by atoms with Crippen molar-refractivity contribution >= 4 is 33.6 Å². The molecule has 2 aromatic rings. The van der Waals surface area contributed by atoms with Crippen molar-refractivity contribution in [2.45, 2.75) is 13.8 Å². The summed E-state index contributed by atoms with van der Waals surface area (Å²) in [5.41, 5.74) is 4.07. The summed E-state index contributed by atoms with van der Waals surface area (Å²) in [6.07, 6.45) is 3.36. The summed E-state index contributed by atoms with van der Waals surface area (Å²) in [6, 6.07) is 13.8. The van der Waals surface area contributed by atoms with Crippen LogP contribution in [0.1, 0.15) is 16.7 Å². The highest BCUT2D eigenvalue weighted by Gasteiger charge is 2.01. The standard InChI is InChI=1S/C17H16BrNO/c1-12-3-5-14(6-4-12)7-10-17(20)19-16-9-8-15(18)11-13(16)2/h3-11H,1-2H3,(H,19,20)/b10-7+. The van der Waals surface area contributed by atoms with E-state index in [0.29, 0.717) is 0 Å². The molecule has 0 radical (unpaired) electrons. The Bertz CT molecular complexity index is 645. The van der Waals surface area contributed by atoms with Gasteiger partial charge in [-0.3, -0.25) is 4.79 Å². The molecule has 2 aromatic carbocycles. The monoisotopic (exact) mass is 329 g/mol. The first-order valence-electron chi connectivity index (χ1n) is 6.36. The summed E-state index contributed by atoms with van der Waals surface area (Å²) >= 11 is 3.40. The molecular formula is C17H16BrNO. The molecule has 0 aliphatic rings. The molecule has 102 valence electrons. The first-order valence-corrected chi connectivity index (χ1v) is 7.16. The zero-order chi connectivity index (χ0) is 14.5. The fourth-order valence-electron chi connectivity index (χ4n) is 1.79. The molecule has 2 rings (SSSR count). The van der Waals surface area contributed by atoms with Gasteiger partial charge in [0.05, 0.1) is 0 Å². The molecule has 0 heterocycles. The molecular weight excluding hydrogens is 314 g/mol. The molecule has 0 saturated carbocycles. The van der Waals surface area contributed by atoms with Crippen LogP contribution in [0.3, 0.4) is 0 Å². The molecule has 0 saturated heterocycles. The Morgan fingerprint density at radius 1 is 1.10 bits per heavy atom. The van der Waals surface area contributed by atoms with Crippen LogP contribution in [0.15, 0.2) is 53.0 Å². The van der Waals surface area contributed by atoms with Gasteiger partial charge in [-0.2, -0.15) is 0 Å². The zero-order valence-corrected chi connectivity index (χ0v) is 13.1. The van der Waals surface area contributed by atoms with E-state index in [0.717, 1.165) is 21.3 Å². The Kier molecular flexibility index (Phi) is 4.74. The lowest BCUT2D eigenvalue weighted by molar-refractivity contribution is -0.111. The molecule has 0 fully saturated rings. The normalized spacial score (nSPS) is 10.8. The van der Waals surface area contributed by atoms with Crippen LogP contribution in [0.2, 0.25) is 0 Å². The van der Waals surface area contributed by atoms with Gasteiger partial charge in [0.15, 0.2) is 0 Å². The third kappa shape index (κ3) is 4.07. The van der Waals surface area contributed by atoms with Crippen molar-refractivity contribution in [2.24, 2.45) is 0 Å². The fraction of sp³-hybridized carbons (Fsp3) is 0.118. The third-order valence-electron chi connectivity index (χ3n) is 2.95. The fourth-order valence-corrected chi connectivity index (χ4v) is 2.27. The van der Waals surface area contributed by atoms with E-state index in [2.05, 4.69) is 21.2 Å². The summed E-state index contributed by atoms with van der Waals surface area (Å²) in [5.74, 6) is -0.129. The number of hydrogen-bond acceptors (Lipinski definition) is 1. The quantitative estimate of drug-likeness (QED) is 0.811. The number of halogens is 1. The van der Waals surface area contributed by atoms with Crippen molar-refractivity contribution in [3.63, 3.8) is 0 Å². The van der Waals surface area contributed by atoms with Gasteiger partial charge in [0.2, 0.25) is 5.91 Å². The van der Waals surface area contributed by atoms with Crippen LogP contribution in [0, 0.1) is 13.8 Å². The van der Waals surface area contributed by atoms with Gasteiger partial charge in [-0.25, -0.2) is 0 Å². The van der Waals surface area contributed by atoms with Crippen LogP contribution in [-0.4, -0.2) is 5.91 Å². The predicted molar refractivity (Wildman–Crippen MR) is 87.7 cm³/mol. The maximum absolute atomic E-state index is 11.9. The Morgan fingerprint density at radius 3 is 2.45 bits per heavy atom. The summed E-state index contributed by atoms with van der Waals surface area (Å²) < 4.78 is 1.00. The molecule has 20 heavy (non-hydrogen) atoms. The van der Waals surface area contributed by atoms with Crippen LogP contribution in [0.4, 0.5) is 5.69 Å². The van der Waals surface area contributed by atoms with Crippen LogP contribution in [0.25, 0.3) is 6.08 Å². The van der Waals surface area contributed by atoms with E-state index in [9.17, 15) is 4.79 Å². The number of aryl methyl sites for hydroxylation is 2. The minimum atomic E-state index is -0.129. The number of amides is 1. The van der Waals surface area contributed by atoms with Crippen molar-refractivity contribution in [3.8, 4) is 0 Å². The van der Waals surface area contributed by atoms with Crippen LogP contribution in [-0.2, 0) is 4.79 Å². The van der Waals surface area contributed by atoms with E-state index in [1.54, 1.807) is 6.08 Å². The molecule has 0 unspecified atom stereocenters. The zero-order valence-electron chi connectivity index (χ0n) is 11.5. The van der Waals surface area contributed by atoms with Crippen molar-refractivity contribution < 1.29 is 4.79 Å². The molecule has 1 N–H and O–H groups in total. The average Bonchev–Trinajstić information content (AvgIpc) is 2.41. The Morgan fingerprint density at radius 2 is 1.80 bits per heavy atom. The first-order chi connectivity index (χ1) is 9.54. The number of carbonyl (C=O) groups excluding carboxylic acids is 1. The van der Waals surface area contributed by atoms with Crippen molar-refractivity contribution in [3.05, 3.63) is 69.7 Å². The summed E-state index contributed by atoms with van der Waals surface area (Å²) in [5, 5.41) is 2.87. The van der Waals surface area contributed by atoms with Gasteiger partial charge in [-0.15, -0.1) is 0 Å². The van der Waals surface area contributed by atoms with Gasteiger partial charge >= 0.3 is 0 Å². The van der Waals surface area contributed by atoms with Gasteiger partial charge in [-0.05, 0) is 49.2 Å². The van der Waals surface area contributed by atoms with Gasteiger partial charge < -0.3 is 5.32 Å². The van der Waals surface area contributed by atoms with E-state index in [-0.39, 0.29) is 5.91 Å². The van der Waals surface area contributed by atoms with Crippen molar-refractivity contribution in [1.29, 1.82) is 0 Å². The summed E-state index contributed by atoms with van der Waals surface area (Å²) in [7, 11) is 0. The lowest BCUT2D eigenvalue weighted by atomic mass is 10.1. The molecule has 0 aliphatic heterocycles. The molecule has 0 aromatic heterocycles. The highest BCUT2D eigenvalue weighted by molar-refractivity contribution is 9.10. The maximum atomic E-state index is 11.9. The molecule has 2 nitrogen and oxygen atoms in total. The topological polar surface area (TPSA) is 29.1 Å². The van der Waals surface area contributed by atoms with Gasteiger partial charge in [-0.1, -0.05) is 45.8 Å². The Labute approximate surface area is 127 Å². The van der Waals surface area contributed by atoms with Gasteiger partial charge in [0.25, 0.3) is 0 Å².